The van der Waals surface area contributed by atoms with Crippen LogP contribution >= 0.6 is 11.3 Å². The summed E-state index contributed by atoms with van der Waals surface area (Å²) < 4.78 is 28.4. The number of hydrogen-bond donors (Lipinski definition) is 3. The molecule has 3 aromatic rings. The number of nitrogens with two attached hydrogens (primary N) is 2. The van der Waals surface area contributed by atoms with Gasteiger partial charge in [0.05, 0.1) is 17.8 Å². The lowest BCUT2D eigenvalue weighted by Gasteiger charge is -2.11. The van der Waals surface area contributed by atoms with E-state index in [1.807, 2.05) is 0 Å². The van der Waals surface area contributed by atoms with E-state index >= 15 is 0 Å². The summed E-state index contributed by atoms with van der Waals surface area (Å²) in [6.45, 7) is 0.192. The molecule has 1 aromatic carbocycles. The molecule has 0 fully saturated rings. The molecule has 2 heterocycles. The molecule has 0 radical (unpaired) electrons. The second-order valence-corrected chi connectivity index (χ2v) is 7.45. The largest absolute Gasteiger partial charge is 0.365 e. The molecule has 4 rings (SSSR count). The number of rotatable bonds is 4. The maximum atomic E-state index is 13.4. The molecule has 1 aliphatic rings. The van der Waals surface area contributed by atoms with Crippen molar-refractivity contribution in [1.29, 1.82) is 0 Å². The molecule has 0 saturated carbocycles. The van der Waals surface area contributed by atoms with Crippen LogP contribution in [-0.4, -0.2) is 21.7 Å². The van der Waals surface area contributed by atoms with E-state index in [4.69, 9.17) is 11.5 Å². The molecule has 0 spiro atoms. The van der Waals surface area contributed by atoms with Crippen LogP contribution in [0.25, 0.3) is 10.4 Å². The van der Waals surface area contributed by atoms with Gasteiger partial charge in [0.25, 0.3) is 5.91 Å². The van der Waals surface area contributed by atoms with Gasteiger partial charge in [-0.15, -0.1) is 11.3 Å². The Bertz CT molecular complexity index is 1100. The van der Waals surface area contributed by atoms with Gasteiger partial charge in [-0.2, -0.15) is 5.10 Å². The topological polar surface area (TPSA) is 116 Å². The molecule has 5 N–H and O–H groups in total. The summed E-state index contributed by atoms with van der Waals surface area (Å²) in [5.74, 6) is -1.95. The van der Waals surface area contributed by atoms with Crippen molar-refractivity contribution in [2.45, 2.75) is 19.4 Å². The van der Waals surface area contributed by atoms with Gasteiger partial charge in [0.2, 0.25) is 0 Å². The fraction of sp³-hybridized carbons (Fsp3) is 0.167. The molecule has 0 bridgehead atoms. The Balaban J connectivity index is 1.73. The molecule has 144 valence electrons. The van der Waals surface area contributed by atoms with E-state index in [-0.39, 0.29) is 12.1 Å². The Labute approximate surface area is 161 Å². The van der Waals surface area contributed by atoms with Gasteiger partial charge in [-0.05, 0) is 36.1 Å². The van der Waals surface area contributed by atoms with Crippen molar-refractivity contribution < 1.29 is 18.4 Å². The molecule has 28 heavy (non-hydrogen) atoms. The number of amides is 3. The Morgan fingerprint density at radius 1 is 1.18 bits per heavy atom. The van der Waals surface area contributed by atoms with Crippen molar-refractivity contribution in [1.82, 2.24) is 9.78 Å². The van der Waals surface area contributed by atoms with Crippen molar-refractivity contribution in [3.8, 4) is 10.4 Å². The molecular weight excluding hydrogens is 388 g/mol. The van der Waals surface area contributed by atoms with Gasteiger partial charge in [0.15, 0.2) is 0 Å². The van der Waals surface area contributed by atoms with E-state index < -0.39 is 23.6 Å². The molecule has 2 aromatic heterocycles. The lowest BCUT2D eigenvalue weighted by molar-refractivity contribution is 0.100. The maximum Gasteiger partial charge on any atom is 0.317 e. The molecule has 0 unspecified atom stereocenters. The Hall–Kier alpha value is -3.27. The summed E-state index contributed by atoms with van der Waals surface area (Å²) in [6.07, 6.45) is 2.86. The SMILES string of the molecule is NC(=O)Nc1sc2c(c1C(N)=O)CCc1nn(Cc3cc(F)cc(F)c3)cc1-2. The third-order valence-electron chi connectivity index (χ3n) is 4.45. The van der Waals surface area contributed by atoms with Gasteiger partial charge < -0.3 is 11.5 Å². The molecule has 0 aliphatic heterocycles. The van der Waals surface area contributed by atoms with E-state index in [1.165, 1.54) is 23.5 Å². The monoisotopic (exact) mass is 403 g/mol. The highest BCUT2D eigenvalue weighted by Gasteiger charge is 2.29. The highest BCUT2D eigenvalue weighted by Crippen LogP contribution is 2.44. The lowest BCUT2D eigenvalue weighted by Crippen LogP contribution is -2.22. The van der Waals surface area contributed by atoms with Crippen LogP contribution in [0, 0.1) is 11.6 Å². The van der Waals surface area contributed by atoms with Crippen molar-refractivity contribution in [3.63, 3.8) is 0 Å². The molecule has 7 nitrogen and oxygen atoms in total. The highest BCUT2D eigenvalue weighted by molar-refractivity contribution is 7.20. The number of nitrogens with one attached hydrogen (secondary N) is 1. The second-order valence-electron chi connectivity index (χ2n) is 6.43. The summed E-state index contributed by atoms with van der Waals surface area (Å²) in [5.41, 5.74) is 13.7. The number of thiophene rings is 1. The van der Waals surface area contributed by atoms with Crippen LogP contribution < -0.4 is 16.8 Å². The fourth-order valence-corrected chi connectivity index (χ4v) is 4.72. The van der Waals surface area contributed by atoms with Gasteiger partial charge >= 0.3 is 6.03 Å². The quantitative estimate of drug-likeness (QED) is 0.622. The number of hydrogen-bond acceptors (Lipinski definition) is 4. The fourth-order valence-electron chi connectivity index (χ4n) is 3.43. The normalized spacial score (nSPS) is 12.4. The number of primary amides is 2. The smallest absolute Gasteiger partial charge is 0.317 e. The van der Waals surface area contributed by atoms with E-state index in [0.717, 1.165) is 27.8 Å². The van der Waals surface area contributed by atoms with E-state index in [1.54, 1.807) is 10.9 Å². The summed E-state index contributed by atoms with van der Waals surface area (Å²) >= 11 is 1.20. The minimum absolute atomic E-state index is 0.192. The first-order valence-corrected chi connectivity index (χ1v) is 9.17. The molecule has 3 amide bonds. The number of carbonyl (C=O) groups excluding carboxylic acids is 2. The van der Waals surface area contributed by atoms with E-state index in [0.29, 0.717) is 23.4 Å². The molecule has 0 atom stereocenters. The van der Waals surface area contributed by atoms with E-state index in [2.05, 4.69) is 10.4 Å². The van der Waals surface area contributed by atoms with Gasteiger partial charge in [0.1, 0.15) is 16.6 Å². The van der Waals surface area contributed by atoms with Crippen LogP contribution in [0.15, 0.2) is 24.4 Å². The Morgan fingerprint density at radius 2 is 1.89 bits per heavy atom. The first kappa shape index (κ1) is 18.1. The molecule has 1 aliphatic carbocycles. The number of carbonyl (C=O) groups is 2. The standard InChI is InChI=1S/C18H15F2N5O2S/c19-9-3-8(4-10(20)5-9)6-25-7-12-13(24-25)2-1-11-14(16(21)26)17(23-18(22)27)28-15(11)12/h3-5,7H,1-2,6H2,(H2,21,26)(H3,22,23,27). The average Bonchev–Trinajstić information content (AvgIpc) is 3.13. The zero-order valence-corrected chi connectivity index (χ0v) is 15.3. The molecular formula is C18H15F2N5O2S. The van der Waals surface area contributed by atoms with Crippen molar-refractivity contribution in [2.75, 3.05) is 5.32 Å². The zero-order chi connectivity index (χ0) is 20.0. The number of anilines is 1. The number of halogens is 2. The van der Waals surface area contributed by atoms with Crippen LogP contribution in [0.1, 0.15) is 27.2 Å². The van der Waals surface area contributed by atoms with Gasteiger partial charge in [-0.25, -0.2) is 13.6 Å². The number of urea groups is 1. The van der Waals surface area contributed by atoms with Crippen molar-refractivity contribution >= 4 is 28.3 Å². The minimum atomic E-state index is -0.787. The molecule has 10 heteroatoms. The van der Waals surface area contributed by atoms with Crippen LogP contribution in [0.2, 0.25) is 0 Å². The van der Waals surface area contributed by atoms with Gasteiger partial charge in [-0.3, -0.25) is 14.8 Å². The van der Waals surface area contributed by atoms with Crippen molar-refractivity contribution in [2.24, 2.45) is 11.5 Å². The first-order chi connectivity index (χ1) is 13.3. The van der Waals surface area contributed by atoms with Gasteiger partial charge in [-0.1, -0.05) is 0 Å². The third kappa shape index (κ3) is 3.22. The number of fused-ring (bicyclic) bond motifs is 3. The number of nitrogens with zero attached hydrogens (tertiary/aromatic N) is 2. The second kappa shape index (κ2) is 6.71. The Morgan fingerprint density at radius 3 is 2.54 bits per heavy atom. The van der Waals surface area contributed by atoms with Crippen LogP contribution in [-0.2, 0) is 19.4 Å². The maximum absolute atomic E-state index is 13.4. The van der Waals surface area contributed by atoms with Gasteiger partial charge in [0, 0.05) is 22.7 Å². The minimum Gasteiger partial charge on any atom is -0.365 e. The summed E-state index contributed by atoms with van der Waals surface area (Å²) in [7, 11) is 0. The number of benzene rings is 1. The zero-order valence-electron chi connectivity index (χ0n) is 14.5. The highest BCUT2D eigenvalue weighted by atomic mass is 32.1. The van der Waals surface area contributed by atoms with Crippen LogP contribution in [0.3, 0.4) is 0 Å². The molecule has 0 saturated heterocycles. The average molecular weight is 403 g/mol. The predicted octanol–water partition coefficient (Wildman–Crippen LogP) is 2.63. The van der Waals surface area contributed by atoms with Crippen molar-refractivity contribution in [3.05, 3.63) is 58.4 Å². The van der Waals surface area contributed by atoms with E-state index in [9.17, 15) is 18.4 Å². The predicted molar refractivity (Wildman–Crippen MR) is 100 cm³/mol. The lowest BCUT2D eigenvalue weighted by atomic mass is 9.94. The first-order valence-electron chi connectivity index (χ1n) is 8.35. The third-order valence-corrected chi connectivity index (χ3v) is 5.63. The summed E-state index contributed by atoms with van der Waals surface area (Å²) in [5, 5.41) is 7.25. The number of aryl methyl sites for hydroxylation is 1. The van der Waals surface area contributed by atoms with Crippen LogP contribution in [0.4, 0.5) is 18.6 Å². The number of aromatic nitrogens is 2. The summed E-state index contributed by atoms with van der Waals surface area (Å²) in [4.78, 5) is 23.9. The summed E-state index contributed by atoms with van der Waals surface area (Å²) in [6, 6.07) is 2.53. The van der Waals surface area contributed by atoms with Crippen LogP contribution in [0.5, 0.6) is 0 Å². The Kier molecular flexibility index (Phi) is 4.34.